The molecule has 5 heteroatoms. The first-order valence-electron chi connectivity index (χ1n) is 4.95. The van der Waals surface area contributed by atoms with Crippen molar-refractivity contribution in [2.75, 3.05) is 0 Å². The van der Waals surface area contributed by atoms with Gasteiger partial charge in [0.05, 0.1) is 0 Å². The van der Waals surface area contributed by atoms with Crippen molar-refractivity contribution in [1.29, 1.82) is 0 Å². The smallest absolute Gasteiger partial charge is 0.300 e. The molecule has 1 unspecified atom stereocenters. The number of H-pyrrole nitrogens is 1. The summed E-state index contributed by atoms with van der Waals surface area (Å²) in [5.74, 6) is 0. The highest BCUT2D eigenvalue weighted by Gasteiger charge is 2.01. The number of aryl methyl sites for hydroxylation is 2. The van der Waals surface area contributed by atoms with Gasteiger partial charge in [-0.25, -0.2) is 4.79 Å². The molecule has 1 N–H and O–H groups in total. The third-order valence-electron chi connectivity index (χ3n) is 2.19. The highest BCUT2D eigenvalue weighted by molar-refractivity contribution is 9.09. The summed E-state index contributed by atoms with van der Waals surface area (Å²) in [5.41, 5.74) is -0.0561. The Hall–Kier alpha value is -0.840. The minimum Gasteiger partial charge on any atom is -0.300 e. The van der Waals surface area contributed by atoms with Crippen LogP contribution in [-0.4, -0.2) is 14.4 Å². The number of rotatable bonds is 4. The fraction of sp³-hybridized carbons (Fsp3) is 0.600. The van der Waals surface area contributed by atoms with Gasteiger partial charge in [0, 0.05) is 23.1 Å². The van der Waals surface area contributed by atoms with E-state index in [-0.39, 0.29) is 11.2 Å². The summed E-state index contributed by atoms with van der Waals surface area (Å²) >= 11 is 3.45. The van der Waals surface area contributed by atoms with Crippen LogP contribution in [0.15, 0.2) is 15.8 Å². The van der Waals surface area contributed by atoms with E-state index >= 15 is 0 Å². The summed E-state index contributed by atoms with van der Waals surface area (Å²) in [5, 5.41) is 0. The lowest BCUT2D eigenvalue weighted by atomic mass is 10.2. The molecule has 1 aromatic rings. The molecule has 0 aliphatic rings. The molecule has 1 rings (SSSR count). The highest BCUT2D eigenvalue weighted by atomic mass is 79.9. The Morgan fingerprint density at radius 2 is 2.20 bits per heavy atom. The molecule has 0 spiro atoms. The molecular weight excluding hydrogens is 260 g/mol. The minimum atomic E-state index is -0.326. The molecule has 0 amide bonds. The maximum atomic E-state index is 11.4. The van der Waals surface area contributed by atoms with Crippen LogP contribution in [0.5, 0.6) is 0 Å². The summed E-state index contributed by atoms with van der Waals surface area (Å²) in [7, 11) is 0. The van der Waals surface area contributed by atoms with E-state index in [1.165, 1.54) is 0 Å². The predicted molar refractivity (Wildman–Crippen MR) is 63.7 cm³/mol. The van der Waals surface area contributed by atoms with E-state index in [0.717, 1.165) is 12.8 Å². The number of alkyl halides is 1. The van der Waals surface area contributed by atoms with Crippen LogP contribution >= 0.6 is 15.9 Å². The fourth-order valence-electron chi connectivity index (χ4n) is 1.33. The van der Waals surface area contributed by atoms with Gasteiger partial charge in [0.15, 0.2) is 0 Å². The topological polar surface area (TPSA) is 54.9 Å². The SMILES string of the molecule is Cc1cn(CCCC(C)Br)c(=O)[nH]c1=O. The van der Waals surface area contributed by atoms with Crippen molar-refractivity contribution in [3.8, 4) is 0 Å². The zero-order chi connectivity index (χ0) is 11.4. The molecule has 0 radical (unpaired) electrons. The third-order valence-corrected chi connectivity index (χ3v) is 2.65. The monoisotopic (exact) mass is 274 g/mol. The summed E-state index contributed by atoms with van der Waals surface area (Å²) in [4.78, 5) is 25.2. The molecule has 1 heterocycles. The Morgan fingerprint density at radius 1 is 1.53 bits per heavy atom. The standard InChI is InChI=1S/C10H15BrN2O2/c1-7-6-13(5-3-4-8(2)11)10(15)12-9(7)14/h6,8H,3-5H2,1-2H3,(H,12,14,15). The Morgan fingerprint density at radius 3 is 2.80 bits per heavy atom. The van der Waals surface area contributed by atoms with Crippen molar-refractivity contribution in [2.45, 2.75) is 38.1 Å². The lowest BCUT2D eigenvalue weighted by molar-refractivity contribution is 0.579. The third kappa shape index (κ3) is 3.66. The lowest BCUT2D eigenvalue weighted by Crippen LogP contribution is -2.30. The highest BCUT2D eigenvalue weighted by Crippen LogP contribution is 2.06. The molecule has 0 fully saturated rings. The average molecular weight is 275 g/mol. The second-order valence-corrected chi connectivity index (χ2v) is 5.25. The largest absolute Gasteiger partial charge is 0.328 e. The van der Waals surface area contributed by atoms with Crippen LogP contribution in [0, 0.1) is 6.92 Å². The first-order valence-corrected chi connectivity index (χ1v) is 5.86. The summed E-state index contributed by atoms with van der Waals surface area (Å²) < 4.78 is 1.55. The molecule has 15 heavy (non-hydrogen) atoms. The van der Waals surface area contributed by atoms with E-state index < -0.39 is 0 Å². The maximum absolute atomic E-state index is 11.4. The van der Waals surface area contributed by atoms with Crippen molar-refractivity contribution >= 4 is 15.9 Å². The van der Waals surface area contributed by atoms with E-state index in [4.69, 9.17) is 0 Å². The molecule has 0 saturated carbocycles. The van der Waals surface area contributed by atoms with Gasteiger partial charge in [-0.2, -0.15) is 0 Å². The Kier molecular flexibility index (Phi) is 4.32. The van der Waals surface area contributed by atoms with Gasteiger partial charge in [0.1, 0.15) is 0 Å². The number of aromatic nitrogens is 2. The van der Waals surface area contributed by atoms with E-state index in [0.29, 0.717) is 16.9 Å². The number of aromatic amines is 1. The number of nitrogens with zero attached hydrogens (tertiary/aromatic N) is 1. The van der Waals surface area contributed by atoms with E-state index in [1.54, 1.807) is 17.7 Å². The van der Waals surface area contributed by atoms with Crippen LogP contribution in [0.1, 0.15) is 25.3 Å². The second-order valence-electron chi connectivity index (χ2n) is 3.69. The van der Waals surface area contributed by atoms with Gasteiger partial charge in [-0.3, -0.25) is 9.78 Å². The minimum absolute atomic E-state index is 0.301. The lowest BCUT2D eigenvalue weighted by Gasteiger charge is -2.06. The van der Waals surface area contributed by atoms with E-state index in [1.807, 2.05) is 0 Å². The van der Waals surface area contributed by atoms with Crippen molar-refractivity contribution in [3.63, 3.8) is 0 Å². The van der Waals surface area contributed by atoms with Gasteiger partial charge in [-0.15, -0.1) is 0 Å². The normalized spacial score (nSPS) is 12.7. The second kappa shape index (κ2) is 5.30. The Labute approximate surface area is 96.5 Å². The average Bonchev–Trinajstić information content (AvgIpc) is 2.13. The summed E-state index contributed by atoms with van der Waals surface area (Å²) in [6.45, 7) is 4.41. The van der Waals surface area contributed by atoms with Crippen molar-refractivity contribution in [3.05, 3.63) is 32.6 Å². The van der Waals surface area contributed by atoms with Crippen LogP contribution in [0.25, 0.3) is 0 Å². The Bertz CT molecular complexity index is 434. The predicted octanol–water partition coefficient (Wildman–Crippen LogP) is 1.41. The first kappa shape index (κ1) is 12.2. The molecule has 4 nitrogen and oxygen atoms in total. The maximum Gasteiger partial charge on any atom is 0.328 e. The Balaban J connectivity index is 2.74. The van der Waals surface area contributed by atoms with Crippen LogP contribution in [0.4, 0.5) is 0 Å². The summed E-state index contributed by atoms with van der Waals surface area (Å²) in [6.07, 6.45) is 3.53. The molecule has 0 aliphatic carbocycles. The van der Waals surface area contributed by atoms with Gasteiger partial charge in [-0.05, 0) is 19.8 Å². The van der Waals surface area contributed by atoms with Gasteiger partial charge < -0.3 is 4.57 Å². The van der Waals surface area contributed by atoms with Crippen LogP contribution in [0.3, 0.4) is 0 Å². The van der Waals surface area contributed by atoms with Crippen LogP contribution in [-0.2, 0) is 6.54 Å². The molecular formula is C10H15BrN2O2. The van der Waals surface area contributed by atoms with Gasteiger partial charge in [0.2, 0.25) is 0 Å². The van der Waals surface area contributed by atoms with E-state index in [9.17, 15) is 9.59 Å². The number of nitrogens with one attached hydrogen (secondary N) is 1. The van der Waals surface area contributed by atoms with Crippen LogP contribution < -0.4 is 11.2 Å². The molecule has 0 aromatic carbocycles. The molecule has 0 bridgehead atoms. The van der Waals surface area contributed by atoms with Crippen molar-refractivity contribution in [1.82, 2.24) is 9.55 Å². The van der Waals surface area contributed by atoms with Gasteiger partial charge in [-0.1, -0.05) is 22.9 Å². The molecule has 1 aromatic heterocycles. The zero-order valence-corrected chi connectivity index (χ0v) is 10.5. The van der Waals surface area contributed by atoms with Crippen LogP contribution in [0.2, 0.25) is 0 Å². The zero-order valence-electron chi connectivity index (χ0n) is 8.92. The number of halogens is 1. The quantitative estimate of drug-likeness (QED) is 0.845. The van der Waals surface area contributed by atoms with Gasteiger partial charge >= 0.3 is 5.69 Å². The van der Waals surface area contributed by atoms with Crippen molar-refractivity contribution in [2.24, 2.45) is 0 Å². The van der Waals surface area contributed by atoms with Gasteiger partial charge in [0.25, 0.3) is 5.56 Å². The molecule has 1 atom stereocenters. The van der Waals surface area contributed by atoms with E-state index in [2.05, 4.69) is 27.8 Å². The summed E-state index contributed by atoms with van der Waals surface area (Å²) in [6, 6.07) is 0. The van der Waals surface area contributed by atoms with Crippen molar-refractivity contribution < 1.29 is 0 Å². The first-order chi connectivity index (χ1) is 7.00. The number of hydrogen-bond acceptors (Lipinski definition) is 2. The number of hydrogen-bond donors (Lipinski definition) is 1. The molecule has 84 valence electrons. The molecule has 0 aliphatic heterocycles. The molecule has 0 saturated heterocycles. The fourth-order valence-corrected chi connectivity index (χ4v) is 1.65.